The van der Waals surface area contributed by atoms with E-state index in [9.17, 15) is 23.3 Å². The SMILES string of the molecule is O=[N+]([O-])c1cc(Cl)cnc1Sc1nnc(C(F)(F)F)s1. The molecule has 0 aromatic carbocycles. The van der Waals surface area contributed by atoms with Gasteiger partial charge in [-0.3, -0.25) is 10.1 Å². The van der Waals surface area contributed by atoms with Crippen molar-refractivity contribution in [1.29, 1.82) is 0 Å². The van der Waals surface area contributed by atoms with E-state index < -0.39 is 21.8 Å². The summed E-state index contributed by atoms with van der Waals surface area (Å²) in [6, 6.07) is 1.06. The van der Waals surface area contributed by atoms with Crippen LogP contribution in [0.3, 0.4) is 0 Å². The van der Waals surface area contributed by atoms with E-state index in [4.69, 9.17) is 11.6 Å². The number of halogens is 4. The van der Waals surface area contributed by atoms with Crippen LogP contribution in [-0.2, 0) is 6.18 Å². The zero-order valence-electron chi connectivity index (χ0n) is 9.09. The largest absolute Gasteiger partial charge is 0.445 e. The molecule has 0 N–H and O–H groups in total. The minimum Gasteiger partial charge on any atom is -0.258 e. The molecule has 0 spiro atoms. The number of alkyl halides is 3. The highest BCUT2D eigenvalue weighted by atomic mass is 35.5. The van der Waals surface area contributed by atoms with Crippen LogP contribution in [0.25, 0.3) is 0 Å². The highest BCUT2D eigenvalue weighted by molar-refractivity contribution is 8.01. The Labute approximate surface area is 122 Å². The second-order valence-corrected chi connectivity index (χ2v) is 5.86. The fourth-order valence-electron chi connectivity index (χ4n) is 1.07. The van der Waals surface area contributed by atoms with Gasteiger partial charge in [0.05, 0.1) is 9.95 Å². The Morgan fingerprint density at radius 1 is 1.40 bits per heavy atom. The lowest BCUT2D eigenvalue weighted by atomic mass is 10.4. The maximum atomic E-state index is 12.4. The second kappa shape index (κ2) is 5.50. The van der Waals surface area contributed by atoms with Crippen molar-refractivity contribution in [1.82, 2.24) is 15.2 Å². The number of rotatable bonds is 3. The molecule has 6 nitrogen and oxygen atoms in total. The standard InChI is InChI=1S/C8H2ClF3N4O2S2/c9-3-1-4(16(17)18)5(13-2-3)19-7-15-14-6(20-7)8(10,11)12/h1-2H. The molecule has 0 unspecified atom stereocenters. The molecule has 0 amide bonds. The molecule has 0 saturated heterocycles. The highest BCUT2D eigenvalue weighted by Gasteiger charge is 2.36. The van der Waals surface area contributed by atoms with Gasteiger partial charge in [0.2, 0.25) is 5.01 Å². The van der Waals surface area contributed by atoms with Gasteiger partial charge in [-0.05, 0) is 11.8 Å². The molecule has 0 aliphatic carbocycles. The molecule has 2 aromatic rings. The van der Waals surface area contributed by atoms with Crippen molar-refractivity contribution in [2.45, 2.75) is 15.5 Å². The number of aromatic nitrogens is 3. The van der Waals surface area contributed by atoms with Gasteiger partial charge in [0, 0.05) is 12.3 Å². The molecule has 0 saturated carbocycles. The molecular weight excluding hydrogens is 341 g/mol. The Balaban J connectivity index is 2.31. The van der Waals surface area contributed by atoms with Crippen molar-refractivity contribution in [2.24, 2.45) is 0 Å². The molecule has 0 bridgehead atoms. The van der Waals surface area contributed by atoms with Crippen molar-refractivity contribution in [3.05, 3.63) is 32.4 Å². The van der Waals surface area contributed by atoms with Gasteiger partial charge in [0.15, 0.2) is 9.37 Å². The molecule has 2 aromatic heterocycles. The van der Waals surface area contributed by atoms with Gasteiger partial charge in [-0.15, -0.1) is 10.2 Å². The molecule has 2 rings (SSSR count). The molecule has 0 aliphatic heterocycles. The first-order valence-corrected chi connectivity index (χ1v) is 6.67. The molecule has 0 atom stereocenters. The third-order valence-electron chi connectivity index (χ3n) is 1.83. The average Bonchev–Trinajstić information content (AvgIpc) is 2.79. The first-order chi connectivity index (χ1) is 9.27. The first kappa shape index (κ1) is 14.9. The van der Waals surface area contributed by atoms with Gasteiger partial charge in [0.1, 0.15) is 0 Å². The van der Waals surface area contributed by atoms with Crippen LogP contribution in [0.2, 0.25) is 5.02 Å². The van der Waals surface area contributed by atoms with Crippen LogP contribution >= 0.6 is 34.7 Å². The topological polar surface area (TPSA) is 81.8 Å². The van der Waals surface area contributed by atoms with E-state index in [2.05, 4.69) is 15.2 Å². The molecular formula is C8H2ClF3N4O2S2. The third kappa shape index (κ3) is 3.35. The Morgan fingerprint density at radius 2 is 2.10 bits per heavy atom. The molecule has 0 fully saturated rings. The summed E-state index contributed by atoms with van der Waals surface area (Å²) >= 11 is 6.48. The maximum Gasteiger partial charge on any atom is 0.445 e. The maximum absolute atomic E-state index is 12.4. The number of nitrogens with zero attached hydrogens (tertiary/aromatic N) is 4. The third-order valence-corrected chi connectivity index (χ3v) is 4.06. The molecule has 12 heteroatoms. The molecule has 106 valence electrons. The smallest absolute Gasteiger partial charge is 0.258 e. The van der Waals surface area contributed by atoms with Crippen LogP contribution in [0, 0.1) is 10.1 Å². The predicted molar refractivity (Wildman–Crippen MR) is 64.9 cm³/mol. The summed E-state index contributed by atoms with van der Waals surface area (Å²) in [7, 11) is 0. The summed E-state index contributed by atoms with van der Waals surface area (Å²) in [6.07, 6.45) is -3.45. The molecule has 20 heavy (non-hydrogen) atoms. The lowest BCUT2D eigenvalue weighted by Gasteiger charge is -1.99. The van der Waals surface area contributed by atoms with Crippen LogP contribution < -0.4 is 0 Å². The minimum absolute atomic E-state index is 0.0503. The van der Waals surface area contributed by atoms with E-state index in [0.717, 1.165) is 12.3 Å². The first-order valence-electron chi connectivity index (χ1n) is 4.66. The summed E-state index contributed by atoms with van der Waals surface area (Å²) in [5.74, 6) is 0. The molecule has 0 radical (unpaired) electrons. The lowest BCUT2D eigenvalue weighted by molar-refractivity contribution is -0.388. The van der Waals surface area contributed by atoms with Gasteiger partial charge in [-0.1, -0.05) is 22.9 Å². The van der Waals surface area contributed by atoms with Gasteiger partial charge < -0.3 is 0 Å². The predicted octanol–water partition coefficient (Wildman–Crippen LogP) is 3.66. The molecule has 0 aliphatic rings. The monoisotopic (exact) mass is 342 g/mol. The Morgan fingerprint density at radius 3 is 2.65 bits per heavy atom. The van der Waals surface area contributed by atoms with E-state index in [1.165, 1.54) is 0 Å². The fourth-order valence-corrected chi connectivity index (χ4v) is 2.90. The quantitative estimate of drug-likeness (QED) is 0.625. The zero-order chi connectivity index (χ0) is 14.9. The van der Waals surface area contributed by atoms with Crippen LogP contribution in [0.15, 0.2) is 21.6 Å². The number of nitro groups is 1. The van der Waals surface area contributed by atoms with Crippen molar-refractivity contribution >= 4 is 40.4 Å². The van der Waals surface area contributed by atoms with E-state index in [-0.39, 0.29) is 25.7 Å². The fraction of sp³-hybridized carbons (Fsp3) is 0.125. The summed E-state index contributed by atoms with van der Waals surface area (Å²) in [5.41, 5.74) is -0.411. The van der Waals surface area contributed by atoms with E-state index in [0.29, 0.717) is 11.8 Å². The summed E-state index contributed by atoms with van der Waals surface area (Å²) in [4.78, 5) is 13.8. The van der Waals surface area contributed by atoms with Crippen molar-refractivity contribution in [3.63, 3.8) is 0 Å². The second-order valence-electron chi connectivity index (χ2n) is 3.21. The Bertz CT molecular complexity index is 663. The molecule has 2 heterocycles. The van der Waals surface area contributed by atoms with Crippen molar-refractivity contribution < 1.29 is 18.1 Å². The summed E-state index contributed by atoms with van der Waals surface area (Å²) in [5, 5.41) is 15.9. The van der Waals surface area contributed by atoms with Crippen LogP contribution in [0.5, 0.6) is 0 Å². The van der Waals surface area contributed by atoms with E-state index in [1.807, 2.05) is 0 Å². The minimum atomic E-state index is -4.60. The van der Waals surface area contributed by atoms with Gasteiger partial charge in [-0.25, -0.2) is 4.98 Å². The summed E-state index contributed by atoms with van der Waals surface area (Å²) in [6.45, 7) is 0. The van der Waals surface area contributed by atoms with E-state index >= 15 is 0 Å². The number of pyridine rings is 1. The van der Waals surface area contributed by atoms with Crippen LogP contribution in [-0.4, -0.2) is 20.1 Å². The van der Waals surface area contributed by atoms with Crippen molar-refractivity contribution in [2.75, 3.05) is 0 Å². The van der Waals surface area contributed by atoms with Crippen LogP contribution in [0.1, 0.15) is 5.01 Å². The van der Waals surface area contributed by atoms with Crippen LogP contribution in [0.4, 0.5) is 18.9 Å². The zero-order valence-corrected chi connectivity index (χ0v) is 11.5. The van der Waals surface area contributed by atoms with Crippen molar-refractivity contribution in [3.8, 4) is 0 Å². The highest BCUT2D eigenvalue weighted by Crippen LogP contribution is 2.39. The van der Waals surface area contributed by atoms with E-state index in [1.54, 1.807) is 0 Å². The Kier molecular flexibility index (Phi) is 4.11. The summed E-state index contributed by atoms with van der Waals surface area (Å²) < 4.78 is 37.0. The number of hydrogen-bond acceptors (Lipinski definition) is 7. The Hall–Kier alpha value is -1.46. The average molecular weight is 343 g/mol. The van der Waals surface area contributed by atoms with Gasteiger partial charge in [0.25, 0.3) is 0 Å². The normalized spacial score (nSPS) is 11.6. The van der Waals surface area contributed by atoms with Gasteiger partial charge >= 0.3 is 11.9 Å². The lowest BCUT2D eigenvalue weighted by Crippen LogP contribution is -2.03. The number of hydrogen-bond donors (Lipinski definition) is 0. The van der Waals surface area contributed by atoms with Gasteiger partial charge in [-0.2, -0.15) is 13.2 Å².